The second-order valence-corrected chi connectivity index (χ2v) is 5.94. The molecule has 2 rings (SSSR count). The minimum absolute atomic E-state index is 0.116. The van der Waals surface area contributed by atoms with E-state index < -0.39 is 0 Å². The highest BCUT2D eigenvalue weighted by Crippen LogP contribution is 2.26. The third-order valence-electron chi connectivity index (χ3n) is 2.83. The van der Waals surface area contributed by atoms with Gasteiger partial charge in [-0.25, -0.2) is 4.39 Å². The lowest BCUT2D eigenvalue weighted by Crippen LogP contribution is -2.29. The van der Waals surface area contributed by atoms with Crippen LogP contribution in [0, 0.1) is 12.7 Å². The first-order valence-corrected chi connectivity index (χ1v) is 6.76. The van der Waals surface area contributed by atoms with Gasteiger partial charge in [0.25, 0.3) is 0 Å². The first-order chi connectivity index (χ1) is 8.60. The highest BCUT2D eigenvalue weighted by atomic mass is 35.5. The molecule has 1 heterocycles. The van der Waals surface area contributed by atoms with Gasteiger partial charge in [0.1, 0.15) is 5.82 Å². The van der Waals surface area contributed by atoms with Crippen LogP contribution in [0.2, 0.25) is 4.34 Å². The van der Waals surface area contributed by atoms with Crippen LogP contribution < -0.4 is 11.3 Å². The van der Waals surface area contributed by atoms with E-state index in [9.17, 15) is 4.39 Å². The zero-order chi connectivity index (χ0) is 13.1. The predicted octanol–water partition coefficient (Wildman–Crippen LogP) is 3.60. The molecule has 0 aliphatic heterocycles. The number of hydrogen-bond acceptors (Lipinski definition) is 3. The summed E-state index contributed by atoms with van der Waals surface area (Å²) in [6.45, 7) is 1.74. The smallest absolute Gasteiger partial charge is 0.126 e. The first kappa shape index (κ1) is 13.5. The van der Waals surface area contributed by atoms with Gasteiger partial charge in [-0.3, -0.25) is 11.3 Å². The molecular formula is C13H14ClFN2S. The van der Waals surface area contributed by atoms with Crippen molar-refractivity contribution in [3.05, 3.63) is 56.5 Å². The van der Waals surface area contributed by atoms with Gasteiger partial charge in [-0.1, -0.05) is 23.7 Å². The van der Waals surface area contributed by atoms with E-state index in [1.807, 2.05) is 18.2 Å². The van der Waals surface area contributed by atoms with Crippen molar-refractivity contribution in [1.82, 2.24) is 5.43 Å². The zero-order valence-electron chi connectivity index (χ0n) is 9.91. The van der Waals surface area contributed by atoms with Gasteiger partial charge in [0, 0.05) is 11.3 Å². The van der Waals surface area contributed by atoms with E-state index in [0.717, 1.165) is 14.8 Å². The molecule has 0 fully saturated rings. The van der Waals surface area contributed by atoms with Crippen molar-refractivity contribution in [1.29, 1.82) is 0 Å². The van der Waals surface area contributed by atoms with E-state index in [-0.39, 0.29) is 11.9 Å². The molecule has 1 atom stereocenters. The van der Waals surface area contributed by atoms with E-state index in [1.54, 1.807) is 13.0 Å². The molecule has 0 bridgehead atoms. The summed E-state index contributed by atoms with van der Waals surface area (Å²) in [5.41, 5.74) is 4.19. The van der Waals surface area contributed by atoms with Crippen molar-refractivity contribution >= 4 is 22.9 Å². The lowest BCUT2D eigenvalue weighted by Gasteiger charge is -2.16. The van der Waals surface area contributed by atoms with E-state index in [1.165, 1.54) is 17.4 Å². The van der Waals surface area contributed by atoms with Crippen LogP contribution in [-0.2, 0) is 6.42 Å². The van der Waals surface area contributed by atoms with Crippen molar-refractivity contribution in [3.63, 3.8) is 0 Å². The van der Waals surface area contributed by atoms with Crippen molar-refractivity contribution in [2.45, 2.75) is 19.4 Å². The first-order valence-electron chi connectivity index (χ1n) is 5.56. The second-order valence-electron chi connectivity index (χ2n) is 4.14. The minimum atomic E-state index is -0.211. The fourth-order valence-electron chi connectivity index (χ4n) is 1.76. The van der Waals surface area contributed by atoms with Gasteiger partial charge in [-0.15, -0.1) is 11.3 Å². The Morgan fingerprint density at radius 3 is 2.72 bits per heavy atom. The standard InChI is InChI=1S/C13H14ClFN2S/c1-8-2-3-9(6-11(8)15)12(17-16)7-10-4-5-13(14)18-10/h2-6,12,17H,7,16H2,1H3. The summed E-state index contributed by atoms with van der Waals surface area (Å²) in [4.78, 5) is 1.11. The molecule has 0 spiro atoms. The Morgan fingerprint density at radius 2 is 2.17 bits per heavy atom. The number of nitrogens with one attached hydrogen (secondary N) is 1. The van der Waals surface area contributed by atoms with Crippen molar-refractivity contribution < 1.29 is 4.39 Å². The summed E-state index contributed by atoms with van der Waals surface area (Å²) >= 11 is 7.40. The van der Waals surface area contributed by atoms with Crippen molar-refractivity contribution in [2.24, 2.45) is 5.84 Å². The van der Waals surface area contributed by atoms with Gasteiger partial charge in [0.15, 0.2) is 0 Å². The molecule has 3 N–H and O–H groups in total. The maximum atomic E-state index is 13.5. The van der Waals surface area contributed by atoms with E-state index in [0.29, 0.717) is 12.0 Å². The fourth-order valence-corrected chi connectivity index (χ4v) is 2.89. The summed E-state index contributed by atoms with van der Waals surface area (Å²) in [7, 11) is 0. The zero-order valence-corrected chi connectivity index (χ0v) is 11.5. The molecule has 0 amide bonds. The van der Waals surface area contributed by atoms with Gasteiger partial charge in [0.2, 0.25) is 0 Å². The molecule has 0 saturated heterocycles. The Hall–Kier alpha value is -0.940. The summed E-state index contributed by atoms with van der Waals surface area (Å²) in [5, 5.41) is 0. The number of halogens is 2. The lowest BCUT2D eigenvalue weighted by molar-refractivity contribution is 0.546. The monoisotopic (exact) mass is 284 g/mol. The summed E-state index contributed by atoms with van der Waals surface area (Å²) in [6.07, 6.45) is 0.691. The normalized spacial score (nSPS) is 12.7. The SMILES string of the molecule is Cc1ccc(C(Cc2ccc(Cl)s2)NN)cc1F. The van der Waals surface area contributed by atoms with Crippen LogP contribution in [0.15, 0.2) is 30.3 Å². The van der Waals surface area contributed by atoms with Gasteiger partial charge in [-0.05, 0) is 36.2 Å². The second kappa shape index (κ2) is 5.80. The van der Waals surface area contributed by atoms with Gasteiger partial charge in [-0.2, -0.15) is 0 Å². The van der Waals surface area contributed by atoms with Crippen molar-refractivity contribution in [2.75, 3.05) is 0 Å². The summed E-state index contributed by atoms with van der Waals surface area (Å²) in [6, 6.07) is 8.87. The molecule has 2 aromatic rings. The highest BCUT2D eigenvalue weighted by Gasteiger charge is 2.13. The number of thiophene rings is 1. The third-order valence-corrected chi connectivity index (χ3v) is 4.09. The van der Waals surface area contributed by atoms with Gasteiger partial charge in [0.05, 0.1) is 10.4 Å². The molecule has 0 saturated carbocycles. The Morgan fingerprint density at radius 1 is 1.39 bits per heavy atom. The molecule has 1 unspecified atom stereocenters. The average Bonchev–Trinajstić information content (AvgIpc) is 2.75. The number of aryl methyl sites for hydroxylation is 1. The number of rotatable bonds is 4. The molecule has 96 valence electrons. The molecule has 0 aliphatic rings. The highest BCUT2D eigenvalue weighted by molar-refractivity contribution is 7.16. The van der Waals surface area contributed by atoms with Gasteiger partial charge >= 0.3 is 0 Å². The van der Waals surface area contributed by atoms with Crippen LogP contribution in [0.3, 0.4) is 0 Å². The van der Waals surface area contributed by atoms with Gasteiger partial charge < -0.3 is 0 Å². The number of hydrazine groups is 1. The Bertz CT molecular complexity index is 542. The molecule has 0 aliphatic carbocycles. The minimum Gasteiger partial charge on any atom is -0.271 e. The fraction of sp³-hybridized carbons (Fsp3) is 0.231. The average molecular weight is 285 g/mol. The van der Waals surface area contributed by atoms with Crippen LogP contribution >= 0.6 is 22.9 Å². The van der Waals surface area contributed by atoms with Crippen LogP contribution in [0.1, 0.15) is 22.0 Å². The maximum Gasteiger partial charge on any atom is 0.126 e. The number of hydrogen-bond donors (Lipinski definition) is 2. The number of nitrogens with two attached hydrogens (primary N) is 1. The lowest BCUT2D eigenvalue weighted by atomic mass is 10.0. The summed E-state index contributed by atoms with van der Waals surface area (Å²) in [5.74, 6) is 5.34. The Labute approximate surface area is 115 Å². The Kier molecular flexibility index (Phi) is 4.35. The molecular weight excluding hydrogens is 271 g/mol. The van der Waals surface area contributed by atoms with E-state index in [2.05, 4.69) is 5.43 Å². The predicted molar refractivity (Wildman–Crippen MR) is 74.2 cm³/mol. The van der Waals surface area contributed by atoms with Crippen LogP contribution in [-0.4, -0.2) is 0 Å². The molecule has 18 heavy (non-hydrogen) atoms. The van der Waals surface area contributed by atoms with Crippen LogP contribution in [0.5, 0.6) is 0 Å². The van der Waals surface area contributed by atoms with Crippen molar-refractivity contribution in [3.8, 4) is 0 Å². The molecule has 2 nitrogen and oxygen atoms in total. The van der Waals surface area contributed by atoms with Crippen LogP contribution in [0.4, 0.5) is 4.39 Å². The summed E-state index contributed by atoms with van der Waals surface area (Å²) < 4.78 is 14.3. The van der Waals surface area contributed by atoms with E-state index in [4.69, 9.17) is 17.4 Å². The quantitative estimate of drug-likeness (QED) is 0.665. The maximum absolute atomic E-state index is 13.5. The molecule has 5 heteroatoms. The number of benzene rings is 1. The van der Waals surface area contributed by atoms with E-state index >= 15 is 0 Å². The third kappa shape index (κ3) is 3.09. The van der Waals surface area contributed by atoms with Crippen LogP contribution in [0.25, 0.3) is 0 Å². The topological polar surface area (TPSA) is 38.0 Å². The molecule has 0 radical (unpaired) electrons. The molecule has 1 aromatic heterocycles. The molecule has 1 aromatic carbocycles. The largest absolute Gasteiger partial charge is 0.271 e. The Balaban J connectivity index is 2.19.